The zero-order valence-electron chi connectivity index (χ0n) is 14.0. The van der Waals surface area contributed by atoms with E-state index in [-0.39, 0.29) is 16.1 Å². The zero-order valence-corrected chi connectivity index (χ0v) is 14.7. The number of nitrogens with one attached hydrogen (secondary N) is 1. The van der Waals surface area contributed by atoms with E-state index >= 15 is 0 Å². The van der Waals surface area contributed by atoms with Crippen LogP contribution in [0, 0.1) is 11.7 Å². The summed E-state index contributed by atoms with van der Waals surface area (Å²) >= 11 is 6.20. The molecule has 1 fully saturated rings. The van der Waals surface area contributed by atoms with Crippen molar-refractivity contribution in [2.45, 2.75) is 31.2 Å². The SMILES string of the molecule is CNC(=O)c1ccc(C[C@@](CN)(CC2CC2)N(C)C)c(Cl)c1F. The van der Waals surface area contributed by atoms with Gasteiger partial charge in [0.25, 0.3) is 5.91 Å². The maximum Gasteiger partial charge on any atom is 0.254 e. The minimum absolute atomic E-state index is 0.0153. The lowest BCUT2D eigenvalue weighted by Gasteiger charge is -2.40. The van der Waals surface area contributed by atoms with Crippen LogP contribution in [0.25, 0.3) is 0 Å². The molecule has 0 bridgehead atoms. The third kappa shape index (κ3) is 3.84. The van der Waals surface area contributed by atoms with E-state index in [1.807, 2.05) is 14.1 Å². The molecule has 1 atom stereocenters. The Morgan fingerprint density at radius 2 is 2.13 bits per heavy atom. The van der Waals surface area contributed by atoms with Crippen molar-refractivity contribution in [1.29, 1.82) is 0 Å². The van der Waals surface area contributed by atoms with Crippen LogP contribution in [0.15, 0.2) is 12.1 Å². The van der Waals surface area contributed by atoms with Crippen LogP contribution in [-0.2, 0) is 6.42 Å². The molecule has 3 N–H and O–H groups in total. The number of halogens is 2. The third-order valence-electron chi connectivity index (χ3n) is 4.85. The number of benzene rings is 1. The summed E-state index contributed by atoms with van der Waals surface area (Å²) in [6.07, 6.45) is 4.00. The quantitative estimate of drug-likeness (QED) is 0.801. The summed E-state index contributed by atoms with van der Waals surface area (Å²) in [4.78, 5) is 13.8. The van der Waals surface area contributed by atoms with Crippen molar-refractivity contribution in [2.75, 3.05) is 27.7 Å². The molecule has 0 spiro atoms. The monoisotopic (exact) mass is 341 g/mol. The molecule has 0 unspecified atom stereocenters. The van der Waals surface area contributed by atoms with Gasteiger partial charge in [-0.2, -0.15) is 0 Å². The molecule has 1 amide bonds. The second-order valence-corrected chi connectivity index (χ2v) is 7.00. The summed E-state index contributed by atoms with van der Waals surface area (Å²) in [6, 6.07) is 3.22. The summed E-state index contributed by atoms with van der Waals surface area (Å²) in [7, 11) is 5.46. The molecule has 2 rings (SSSR count). The maximum absolute atomic E-state index is 14.4. The fraction of sp³-hybridized carbons (Fsp3) is 0.588. The lowest BCUT2D eigenvalue weighted by Crippen LogP contribution is -2.52. The van der Waals surface area contributed by atoms with Gasteiger partial charge in [0.2, 0.25) is 0 Å². The topological polar surface area (TPSA) is 58.4 Å². The van der Waals surface area contributed by atoms with Crippen LogP contribution in [0.3, 0.4) is 0 Å². The first-order chi connectivity index (χ1) is 10.8. The number of nitrogens with zero attached hydrogens (tertiary/aromatic N) is 1. The second-order valence-electron chi connectivity index (χ2n) is 6.63. The van der Waals surface area contributed by atoms with Gasteiger partial charge in [-0.25, -0.2) is 4.39 Å². The van der Waals surface area contributed by atoms with Crippen molar-refractivity contribution < 1.29 is 9.18 Å². The number of likely N-dealkylation sites (N-methyl/N-ethyl adjacent to an activating group) is 1. The van der Waals surface area contributed by atoms with Gasteiger partial charge in [-0.15, -0.1) is 0 Å². The predicted molar refractivity (Wildman–Crippen MR) is 91.3 cm³/mol. The Bertz CT molecular complexity index is 589. The van der Waals surface area contributed by atoms with Crippen molar-refractivity contribution in [2.24, 2.45) is 11.7 Å². The average Bonchev–Trinajstić information content (AvgIpc) is 3.34. The predicted octanol–water partition coefficient (Wildman–Crippen LogP) is 2.44. The molecule has 1 aliphatic carbocycles. The van der Waals surface area contributed by atoms with Crippen molar-refractivity contribution in [3.05, 3.63) is 34.1 Å². The number of amides is 1. The molecule has 1 aromatic rings. The number of rotatable bonds is 7. The van der Waals surface area contributed by atoms with E-state index in [0.717, 1.165) is 6.42 Å². The molecule has 0 aromatic heterocycles. The van der Waals surface area contributed by atoms with Gasteiger partial charge in [-0.05, 0) is 44.5 Å². The van der Waals surface area contributed by atoms with Gasteiger partial charge in [0, 0.05) is 19.1 Å². The minimum atomic E-state index is -0.667. The molecular weight excluding hydrogens is 317 g/mol. The van der Waals surface area contributed by atoms with Gasteiger partial charge < -0.3 is 16.0 Å². The normalized spacial score (nSPS) is 17.2. The molecule has 1 aromatic carbocycles. The Kier molecular flexibility index (Phi) is 5.65. The lowest BCUT2D eigenvalue weighted by atomic mass is 9.84. The van der Waals surface area contributed by atoms with Gasteiger partial charge in [-0.3, -0.25) is 4.79 Å². The van der Waals surface area contributed by atoms with E-state index in [9.17, 15) is 9.18 Å². The first-order valence-corrected chi connectivity index (χ1v) is 8.29. The van der Waals surface area contributed by atoms with Crippen LogP contribution in [0.5, 0.6) is 0 Å². The molecular formula is C17H25ClFN3O. The number of hydrogen-bond acceptors (Lipinski definition) is 3. The van der Waals surface area contributed by atoms with Crippen LogP contribution < -0.4 is 11.1 Å². The number of carbonyl (C=O) groups is 1. The van der Waals surface area contributed by atoms with Crippen molar-refractivity contribution in [3.63, 3.8) is 0 Å². The Hall–Kier alpha value is -1.17. The highest BCUT2D eigenvalue weighted by atomic mass is 35.5. The van der Waals surface area contributed by atoms with Crippen LogP contribution >= 0.6 is 11.6 Å². The smallest absolute Gasteiger partial charge is 0.254 e. The fourth-order valence-corrected chi connectivity index (χ4v) is 3.23. The minimum Gasteiger partial charge on any atom is -0.355 e. The van der Waals surface area contributed by atoms with E-state index < -0.39 is 11.7 Å². The standard InChI is InChI=1S/C17H25ClFN3O/c1-21-16(23)13-7-6-12(14(18)15(13)19)9-17(10-20,22(2)3)8-11-4-5-11/h6-7,11H,4-5,8-10,20H2,1-3H3,(H,21,23)/t17-/m1/s1. The maximum atomic E-state index is 14.4. The summed E-state index contributed by atoms with van der Waals surface area (Å²) in [5.74, 6) is -0.457. The summed E-state index contributed by atoms with van der Waals surface area (Å²) in [5, 5.41) is 2.43. The van der Waals surface area contributed by atoms with Crippen molar-refractivity contribution in [1.82, 2.24) is 10.2 Å². The molecule has 6 heteroatoms. The molecule has 0 saturated heterocycles. The second kappa shape index (κ2) is 7.16. The van der Waals surface area contributed by atoms with Crippen LogP contribution in [-0.4, -0.2) is 44.0 Å². The van der Waals surface area contributed by atoms with E-state index in [2.05, 4.69) is 10.2 Å². The van der Waals surface area contributed by atoms with Crippen LogP contribution in [0.4, 0.5) is 4.39 Å². The first kappa shape index (κ1) is 18.2. The Labute approximate surface area is 142 Å². The van der Waals surface area contributed by atoms with Gasteiger partial charge in [0.15, 0.2) is 5.82 Å². The highest BCUT2D eigenvalue weighted by molar-refractivity contribution is 6.32. The average molecular weight is 342 g/mol. The summed E-state index contributed by atoms with van der Waals surface area (Å²) < 4.78 is 14.4. The van der Waals surface area contributed by atoms with Gasteiger partial charge >= 0.3 is 0 Å². The van der Waals surface area contributed by atoms with Crippen molar-refractivity contribution in [3.8, 4) is 0 Å². The largest absolute Gasteiger partial charge is 0.355 e. The lowest BCUT2D eigenvalue weighted by molar-refractivity contribution is 0.0959. The molecule has 23 heavy (non-hydrogen) atoms. The first-order valence-electron chi connectivity index (χ1n) is 7.91. The molecule has 1 saturated carbocycles. The molecule has 0 heterocycles. The van der Waals surface area contributed by atoms with Gasteiger partial charge in [0.1, 0.15) is 0 Å². The molecule has 4 nitrogen and oxygen atoms in total. The number of hydrogen-bond donors (Lipinski definition) is 2. The molecule has 1 aliphatic rings. The highest BCUT2D eigenvalue weighted by Crippen LogP contribution is 2.40. The van der Waals surface area contributed by atoms with Crippen LogP contribution in [0.1, 0.15) is 35.2 Å². The number of carbonyl (C=O) groups excluding carboxylic acids is 1. The molecule has 128 valence electrons. The fourth-order valence-electron chi connectivity index (χ4n) is 3.00. The zero-order chi connectivity index (χ0) is 17.2. The Morgan fingerprint density at radius 3 is 2.61 bits per heavy atom. The highest BCUT2D eigenvalue weighted by Gasteiger charge is 2.38. The van der Waals surface area contributed by atoms with Gasteiger partial charge in [-0.1, -0.05) is 30.5 Å². The molecule has 0 radical (unpaired) electrons. The molecule has 0 aliphatic heterocycles. The Balaban J connectivity index is 2.33. The van der Waals surface area contributed by atoms with Crippen molar-refractivity contribution >= 4 is 17.5 Å². The van der Waals surface area contributed by atoms with Gasteiger partial charge in [0.05, 0.1) is 10.6 Å². The van der Waals surface area contributed by atoms with E-state index in [1.165, 1.54) is 26.0 Å². The van der Waals surface area contributed by atoms with E-state index in [4.69, 9.17) is 17.3 Å². The van der Waals surface area contributed by atoms with E-state index in [0.29, 0.717) is 24.4 Å². The number of nitrogens with two attached hydrogens (primary N) is 1. The third-order valence-corrected chi connectivity index (χ3v) is 5.26. The summed E-state index contributed by atoms with van der Waals surface area (Å²) in [6.45, 7) is 0.478. The van der Waals surface area contributed by atoms with E-state index in [1.54, 1.807) is 6.07 Å². The Morgan fingerprint density at radius 1 is 1.48 bits per heavy atom. The van der Waals surface area contributed by atoms with Crippen LogP contribution in [0.2, 0.25) is 5.02 Å². The summed E-state index contributed by atoms with van der Waals surface area (Å²) in [5.41, 5.74) is 6.49.